The number of halogens is 1. The van der Waals surface area contributed by atoms with Crippen LogP contribution in [0.1, 0.15) is 26.7 Å². The van der Waals surface area contributed by atoms with Crippen LogP contribution in [0.5, 0.6) is 0 Å². The first-order chi connectivity index (χ1) is 14.3. The van der Waals surface area contributed by atoms with Crippen molar-refractivity contribution in [2.75, 3.05) is 45.5 Å². The van der Waals surface area contributed by atoms with Gasteiger partial charge in [-0.1, -0.05) is 19.1 Å². The second-order valence-electron chi connectivity index (χ2n) is 8.12. The normalized spacial score (nSPS) is 27.1. The number of amides is 2. The lowest BCUT2D eigenvalue weighted by atomic mass is 9.85. The molecule has 2 amide bonds. The highest BCUT2D eigenvalue weighted by molar-refractivity contribution is 14.0. The molecule has 4 unspecified atom stereocenters. The van der Waals surface area contributed by atoms with Crippen molar-refractivity contribution in [1.29, 1.82) is 0 Å². The van der Waals surface area contributed by atoms with Crippen LogP contribution in [0.25, 0.3) is 0 Å². The first kappa shape index (κ1) is 26.0. The van der Waals surface area contributed by atoms with Crippen LogP contribution >= 0.6 is 24.0 Å². The molecule has 31 heavy (non-hydrogen) atoms. The van der Waals surface area contributed by atoms with Crippen LogP contribution in [-0.2, 0) is 19.6 Å². The van der Waals surface area contributed by atoms with Gasteiger partial charge in [0, 0.05) is 39.3 Å². The van der Waals surface area contributed by atoms with Gasteiger partial charge in [-0.3, -0.25) is 19.5 Å². The Hall–Kier alpha value is -1.21. The van der Waals surface area contributed by atoms with E-state index in [4.69, 9.17) is 0 Å². The number of nitrogens with zero attached hydrogens (tertiary/aromatic N) is 3. The molecule has 2 N–H and O–H groups in total. The number of nitrogens with one attached hydrogen (secondary N) is 2. The molecule has 0 aromatic rings. The summed E-state index contributed by atoms with van der Waals surface area (Å²) in [6, 6.07) is 0. The molecule has 3 rings (SSSR count). The van der Waals surface area contributed by atoms with Gasteiger partial charge in [0.15, 0.2) is 5.96 Å². The van der Waals surface area contributed by atoms with Crippen molar-refractivity contribution in [3.05, 3.63) is 12.2 Å². The number of carbonyl (C=O) groups excluding carboxylic acids is 2. The Bertz CT molecular complexity index is 801. The molecule has 3 aliphatic rings. The average molecular weight is 567 g/mol. The van der Waals surface area contributed by atoms with Crippen LogP contribution in [0.4, 0.5) is 0 Å². The highest BCUT2D eigenvalue weighted by atomic mass is 127. The Balaban J connectivity index is 0.00000341. The van der Waals surface area contributed by atoms with E-state index in [2.05, 4.69) is 27.8 Å². The van der Waals surface area contributed by atoms with Crippen LogP contribution in [0.15, 0.2) is 17.1 Å². The predicted octanol–water partition coefficient (Wildman–Crippen LogP) is 0.638. The van der Waals surface area contributed by atoms with Crippen molar-refractivity contribution in [3.8, 4) is 0 Å². The third-order valence-corrected chi connectivity index (χ3v) is 7.57. The summed E-state index contributed by atoms with van der Waals surface area (Å²) in [6.45, 7) is 6.54. The third kappa shape index (κ3) is 5.78. The minimum absolute atomic E-state index is 0. The fraction of sp³-hybridized carbons (Fsp3) is 0.750. The molecule has 1 saturated heterocycles. The zero-order valence-electron chi connectivity index (χ0n) is 18.4. The largest absolute Gasteiger partial charge is 0.357 e. The third-order valence-electron chi connectivity index (χ3n) is 6.19. The molecule has 0 aromatic heterocycles. The molecule has 0 spiro atoms. The van der Waals surface area contributed by atoms with Gasteiger partial charge in [0.05, 0.1) is 18.1 Å². The lowest BCUT2D eigenvalue weighted by Gasteiger charge is -2.19. The number of hydrogen-bond donors (Lipinski definition) is 2. The molecule has 9 nitrogen and oxygen atoms in total. The number of sulfonamides is 1. The number of imide groups is 1. The van der Waals surface area contributed by atoms with Gasteiger partial charge < -0.3 is 10.6 Å². The Labute approximate surface area is 202 Å². The van der Waals surface area contributed by atoms with Gasteiger partial charge in [0.1, 0.15) is 0 Å². The van der Waals surface area contributed by atoms with E-state index >= 15 is 0 Å². The van der Waals surface area contributed by atoms with E-state index in [-0.39, 0.29) is 59.5 Å². The number of carbonyl (C=O) groups is 2. The second kappa shape index (κ2) is 11.1. The van der Waals surface area contributed by atoms with Gasteiger partial charge in [0.2, 0.25) is 21.8 Å². The van der Waals surface area contributed by atoms with Gasteiger partial charge in [0.25, 0.3) is 0 Å². The Kier molecular flexibility index (Phi) is 9.31. The molecule has 4 atom stereocenters. The summed E-state index contributed by atoms with van der Waals surface area (Å²) in [4.78, 5) is 31.3. The summed E-state index contributed by atoms with van der Waals surface area (Å²) in [5, 5.41) is 6.31. The van der Waals surface area contributed by atoms with E-state index in [1.807, 2.05) is 13.8 Å². The van der Waals surface area contributed by atoms with Gasteiger partial charge in [-0.25, -0.2) is 12.7 Å². The summed E-state index contributed by atoms with van der Waals surface area (Å²) in [5.74, 6) is 0.653. The summed E-state index contributed by atoms with van der Waals surface area (Å²) in [5.41, 5.74) is 0. The minimum Gasteiger partial charge on any atom is -0.357 e. The molecular formula is C20H34IN5O4S. The molecule has 0 aromatic carbocycles. The van der Waals surface area contributed by atoms with Crippen molar-refractivity contribution in [2.45, 2.75) is 26.7 Å². The van der Waals surface area contributed by atoms with Crippen LogP contribution < -0.4 is 10.6 Å². The fourth-order valence-electron chi connectivity index (χ4n) is 4.81. The first-order valence-electron chi connectivity index (χ1n) is 10.8. The highest BCUT2D eigenvalue weighted by Gasteiger charge is 2.58. The number of aliphatic imine (C=N–C) groups is 1. The lowest BCUT2D eigenvalue weighted by Crippen LogP contribution is -2.43. The molecule has 11 heteroatoms. The van der Waals surface area contributed by atoms with Crippen molar-refractivity contribution < 1.29 is 18.0 Å². The van der Waals surface area contributed by atoms with Gasteiger partial charge in [-0.15, -0.1) is 24.0 Å². The molecule has 1 heterocycles. The van der Waals surface area contributed by atoms with Crippen molar-refractivity contribution in [3.63, 3.8) is 0 Å². The molecule has 2 bridgehead atoms. The zero-order chi connectivity index (χ0) is 21.9. The minimum atomic E-state index is -3.19. The first-order valence-corrected chi connectivity index (χ1v) is 12.6. The average Bonchev–Trinajstić information content (AvgIpc) is 3.36. The van der Waals surface area contributed by atoms with E-state index in [1.165, 1.54) is 15.5 Å². The van der Waals surface area contributed by atoms with E-state index in [1.54, 1.807) is 0 Å². The lowest BCUT2D eigenvalue weighted by molar-refractivity contribution is -0.140. The number of likely N-dealkylation sites (tertiary alicyclic amines) is 1. The summed E-state index contributed by atoms with van der Waals surface area (Å²) < 4.78 is 24.7. The number of rotatable bonds is 10. The molecule has 2 aliphatic carbocycles. The van der Waals surface area contributed by atoms with Crippen molar-refractivity contribution in [2.24, 2.45) is 28.7 Å². The Morgan fingerprint density at radius 2 is 1.77 bits per heavy atom. The van der Waals surface area contributed by atoms with E-state index in [9.17, 15) is 18.0 Å². The second-order valence-corrected chi connectivity index (χ2v) is 10.1. The summed E-state index contributed by atoms with van der Waals surface area (Å²) in [7, 11) is -3.19. The standard InChI is InChI=1S/C20H33N5O4S.HI/c1-4-21-20(22-9-6-11-24(5-2)30(3,28)29)23-10-12-25-18(26)16-14-7-8-15(13-14)17(16)19(25)27;/h7-8,14-17H,4-6,9-13H2,1-3H3,(H2,21,22,23);1H. The van der Waals surface area contributed by atoms with Gasteiger partial charge >= 0.3 is 0 Å². The molecule has 0 radical (unpaired) electrons. The Morgan fingerprint density at radius 3 is 2.29 bits per heavy atom. The van der Waals surface area contributed by atoms with Crippen molar-refractivity contribution >= 4 is 51.8 Å². The van der Waals surface area contributed by atoms with Gasteiger partial charge in [-0.2, -0.15) is 0 Å². The maximum Gasteiger partial charge on any atom is 0.233 e. The predicted molar refractivity (Wildman–Crippen MR) is 131 cm³/mol. The van der Waals surface area contributed by atoms with E-state index in [0.717, 1.165) is 6.42 Å². The van der Waals surface area contributed by atoms with Crippen LogP contribution in [-0.4, -0.2) is 80.9 Å². The zero-order valence-corrected chi connectivity index (χ0v) is 21.6. The smallest absolute Gasteiger partial charge is 0.233 e. The molecule has 1 aliphatic heterocycles. The molecular weight excluding hydrogens is 533 g/mol. The van der Waals surface area contributed by atoms with Crippen LogP contribution in [0, 0.1) is 23.7 Å². The monoisotopic (exact) mass is 567 g/mol. The van der Waals surface area contributed by atoms with Gasteiger partial charge in [-0.05, 0) is 31.6 Å². The number of fused-ring (bicyclic) bond motifs is 5. The van der Waals surface area contributed by atoms with E-state index in [0.29, 0.717) is 51.6 Å². The molecule has 176 valence electrons. The molecule has 1 saturated carbocycles. The maximum absolute atomic E-state index is 12.7. The fourth-order valence-corrected chi connectivity index (χ4v) is 5.74. The quantitative estimate of drug-likeness (QED) is 0.100. The topological polar surface area (TPSA) is 111 Å². The number of guanidine groups is 1. The van der Waals surface area contributed by atoms with E-state index < -0.39 is 10.0 Å². The van der Waals surface area contributed by atoms with Crippen molar-refractivity contribution in [1.82, 2.24) is 19.8 Å². The van der Waals surface area contributed by atoms with Crippen LogP contribution in [0.3, 0.4) is 0 Å². The summed E-state index contributed by atoms with van der Waals surface area (Å²) in [6.07, 6.45) is 6.95. The molecule has 2 fully saturated rings. The highest BCUT2D eigenvalue weighted by Crippen LogP contribution is 2.52. The number of hydrogen-bond acceptors (Lipinski definition) is 5. The Morgan fingerprint density at radius 1 is 1.16 bits per heavy atom. The summed E-state index contributed by atoms with van der Waals surface area (Å²) >= 11 is 0. The maximum atomic E-state index is 12.7. The SMILES string of the molecule is CCNC(=NCCCN(CC)S(C)(=O)=O)NCCN1C(=O)C2C3C=CC(C3)C2C1=O.I. The van der Waals surface area contributed by atoms with Crippen LogP contribution in [0.2, 0.25) is 0 Å². The number of allylic oxidation sites excluding steroid dienone is 2.